The molecule has 4 aromatic rings. The minimum atomic E-state index is -0.0897. The molecule has 0 radical (unpaired) electrons. The van der Waals surface area contributed by atoms with Crippen molar-refractivity contribution in [3.8, 4) is 0 Å². The average molecular weight is 338 g/mol. The minimum absolute atomic E-state index is 0.0897. The van der Waals surface area contributed by atoms with Crippen LogP contribution in [0.5, 0.6) is 0 Å². The molecule has 1 heterocycles. The van der Waals surface area contributed by atoms with Crippen LogP contribution in [0.3, 0.4) is 0 Å². The van der Waals surface area contributed by atoms with E-state index in [4.69, 9.17) is 0 Å². The van der Waals surface area contributed by atoms with Gasteiger partial charge in [-0.25, -0.2) is 4.98 Å². The topological polar surface area (TPSA) is 34.9 Å². The molecule has 0 N–H and O–H groups in total. The van der Waals surface area contributed by atoms with Gasteiger partial charge in [-0.2, -0.15) is 0 Å². The Hall–Kier alpha value is -3.46. The minimum Gasteiger partial charge on any atom is -0.268 e. The quantitative estimate of drug-likeness (QED) is 0.379. The Kier molecular flexibility index (Phi) is 4.20. The van der Waals surface area contributed by atoms with Crippen molar-refractivity contribution in [1.29, 1.82) is 0 Å². The number of nitrogens with zero attached hydrogens (tertiary/aromatic N) is 2. The third-order valence-electron chi connectivity index (χ3n) is 4.42. The molecule has 0 saturated heterocycles. The third-order valence-corrected chi connectivity index (χ3v) is 4.42. The van der Waals surface area contributed by atoms with E-state index in [0.717, 1.165) is 27.7 Å². The summed E-state index contributed by atoms with van der Waals surface area (Å²) in [7, 11) is 0. The fraction of sp³-hybridized carbons (Fsp3) is 0.0435. The lowest BCUT2D eigenvalue weighted by Gasteiger charge is -2.09. The van der Waals surface area contributed by atoms with E-state index < -0.39 is 0 Å². The van der Waals surface area contributed by atoms with Gasteiger partial charge in [0, 0.05) is 5.57 Å². The number of aryl methyl sites for hydroxylation is 1. The summed E-state index contributed by atoms with van der Waals surface area (Å²) in [6.07, 6.45) is 3.54. The van der Waals surface area contributed by atoms with Gasteiger partial charge in [0.25, 0.3) is 5.91 Å². The van der Waals surface area contributed by atoms with Gasteiger partial charge in [-0.05, 0) is 35.8 Å². The molecule has 0 saturated carbocycles. The molecule has 3 aromatic carbocycles. The molecule has 3 heteroatoms. The van der Waals surface area contributed by atoms with Crippen molar-refractivity contribution < 1.29 is 4.79 Å². The maximum Gasteiger partial charge on any atom is 0.264 e. The fourth-order valence-electron chi connectivity index (χ4n) is 3.08. The van der Waals surface area contributed by atoms with Crippen LogP contribution in [-0.2, 0) is 0 Å². The number of allylic oxidation sites excluding steroid dienone is 1. The van der Waals surface area contributed by atoms with Gasteiger partial charge >= 0.3 is 0 Å². The van der Waals surface area contributed by atoms with E-state index in [9.17, 15) is 4.79 Å². The largest absolute Gasteiger partial charge is 0.268 e. The van der Waals surface area contributed by atoms with Gasteiger partial charge in [0.05, 0.1) is 11.0 Å². The average Bonchev–Trinajstić information content (AvgIpc) is 3.13. The van der Waals surface area contributed by atoms with Gasteiger partial charge in [0.1, 0.15) is 6.33 Å². The second-order valence-corrected chi connectivity index (χ2v) is 6.20. The lowest BCUT2D eigenvalue weighted by molar-refractivity contribution is 0.0985. The molecule has 0 fully saturated rings. The van der Waals surface area contributed by atoms with Crippen LogP contribution >= 0.6 is 0 Å². The first-order chi connectivity index (χ1) is 12.7. The van der Waals surface area contributed by atoms with Crippen LogP contribution < -0.4 is 0 Å². The van der Waals surface area contributed by atoms with Gasteiger partial charge in [0.15, 0.2) is 0 Å². The summed E-state index contributed by atoms with van der Waals surface area (Å²) in [5.41, 5.74) is 5.24. The molecule has 4 rings (SSSR count). The van der Waals surface area contributed by atoms with E-state index in [1.165, 1.54) is 0 Å². The number of rotatable bonds is 3. The Morgan fingerprint density at radius 1 is 0.885 bits per heavy atom. The Morgan fingerprint density at radius 3 is 2.31 bits per heavy atom. The molecule has 0 aliphatic rings. The molecule has 126 valence electrons. The Balaban J connectivity index is 1.87. The number of imidazole rings is 1. The first kappa shape index (κ1) is 16.0. The molecule has 0 aliphatic carbocycles. The highest BCUT2D eigenvalue weighted by Gasteiger charge is 2.17. The zero-order chi connectivity index (χ0) is 17.9. The predicted molar refractivity (Wildman–Crippen MR) is 106 cm³/mol. The maximum absolute atomic E-state index is 13.4. The molecule has 26 heavy (non-hydrogen) atoms. The summed E-state index contributed by atoms with van der Waals surface area (Å²) in [6, 6.07) is 25.5. The van der Waals surface area contributed by atoms with E-state index >= 15 is 0 Å². The second kappa shape index (κ2) is 6.81. The van der Waals surface area contributed by atoms with E-state index in [1.807, 2.05) is 91.9 Å². The maximum atomic E-state index is 13.4. The van der Waals surface area contributed by atoms with Crippen molar-refractivity contribution in [2.75, 3.05) is 0 Å². The van der Waals surface area contributed by atoms with Crippen LogP contribution in [0.25, 0.3) is 22.7 Å². The fourth-order valence-corrected chi connectivity index (χ4v) is 3.08. The highest BCUT2D eigenvalue weighted by Crippen LogP contribution is 2.24. The van der Waals surface area contributed by atoms with Crippen LogP contribution in [0.15, 0.2) is 85.2 Å². The lowest BCUT2D eigenvalue weighted by atomic mass is 10.0. The number of hydrogen-bond donors (Lipinski definition) is 0. The van der Waals surface area contributed by atoms with Crippen molar-refractivity contribution in [1.82, 2.24) is 9.55 Å². The van der Waals surface area contributed by atoms with Crippen molar-refractivity contribution in [2.24, 2.45) is 0 Å². The van der Waals surface area contributed by atoms with Crippen LogP contribution in [0.1, 0.15) is 21.5 Å². The molecule has 0 bridgehead atoms. The van der Waals surface area contributed by atoms with E-state index in [-0.39, 0.29) is 5.91 Å². The van der Waals surface area contributed by atoms with E-state index in [0.29, 0.717) is 5.57 Å². The predicted octanol–water partition coefficient (Wildman–Crippen LogP) is 5.23. The number of carbonyl (C=O) groups excluding carboxylic acids is 1. The summed E-state index contributed by atoms with van der Waals surface area (Å²) < 4.78 is 1.63. The summed E-state index contributed by atoms with van der Waals surface area (Å²) in [5.74, 6) is -0.0897. The normalized spacial score (nSPS) is 11.7. The number of benzene rings is 3. The van der Waals surface area contributed by atoms with Crippen LogP contribution in [0.4, 0.5) is 0 Å². The molecule has 0 aliphatic heterocycles. The molecule has 0 atom stereocenters. The van der Waals surface area contributed by atoms with Gasteiger partial charge in [-0.1, -0.05) is 72.8 Å². The first-order valence-corrected chi connectivity index (χ1v) is 8.53. The highest BCUT2D eigenvalue weighted by atomic mass is 16.2. The van der Waals surface area contributed by atoms with E-state index in [2.05, 4.69) is 4.98 Å². The molecular weight excluding hydrogens is 320 g/mol. The molecule has 0 spiro atoms. The van der Waals surface area contributed by atoms with Gasteiger partial charge < -0.3 is 0 Å². The van der Waals surface area contributed by atoms with Gasteiger partial charge in [-0.15, -0.1) is 0 Å². The van der Waals surface area contributed by atoms with Gasteiger partial charge in [0.2, 0.25) is 0 Å². The standard InChI is InChI=1S/C23H18N2O/c1-17-9-8-14-21-22(17)24-16-25(21)23(26)20(19-12-6-3-7-13-19)15-18-10-4-2-5-11-18/h2-16H,1H3/b20-15+. The molecule has 0 unspecified atom stereocenters. The zero-order valence-electron chi connectivity index (χ0n) is 14.5. The number of fused-ring (bicyclic) bond motifs is 1. The third kappa shape index (κ3) is 2.95. The van der Waals surface area contributed by atoms with Crippen LogP contribution in [0, 0.1) is 6.92 Å². The SMILES string of the molecule is Cc1cccc2c1ncn2C(=O)/C(=C/c1ccccc1)c1ccccc1. The zero-order valence-corrected chi connectivity index (χ0v) is 14.5. The number of para-hydroxylation sites is 1. The Bertz CT molecular complexity index is 1090. The highest BCUT2D eigenvalue weighted by molar-refractivity contribution is 6.26. The second-order valence-electron chi connectivity index (χ2n) is 6.20. The summed E-state index contributed by atoms with van der Waals surface area (Å²) >= 11 is 0. The summed E-state index contributed by atoms with van der Waals surface area (Å²) in [5, 5.41) is 0. The van der Waals surface area contributed by atoms with Crippen LogP contribution in [-0.4, -0.2) is 15.5 Å². The molecular formula is C23H18N2O. The molecule has 0 amide bonds. The van der Waals surface area contributed by atoms with Crippen molar-refractivity contribution >= 4 is 28.6 Å². The van der Waals surface area contributed by atoms with Crippen molar-refractivity contribution in [3.05, 3.63) is 102 Å². The molecule has 1 aromatic heterocycles. The van der Waals surface area contributed by atoms with Gasteiger partial charge in [-0.3, -0.25) is 9.36 Å². The number of carbonyl (C=O) groups is 1. The van der Waals surface area contributed by atoms with Crippen LogP contribution in [0.2, 0.25) is 0 Å². The molecule has 3 nitrogen and oxygen atoms in total. The summed E-state index contributed by atoms with van der Waals surface area (Å²) in [6.45, 7) is 2.00. The first-order valence-electron chi connectivity index (χ1n) is 8.53. The number of aromatic nitrogens is 2. The Labute approximate surface area is 152 Å². The smallest absolute Gasteiger partial charge is 0.264 e. The lowest BCUT2D eigenvalue weighted by Crippen LogP contribution is -2.11. The summed E-state index contributed by atoms with van der Waals surface area (Å²) in [4.78, 5) is 17.8. The van der Waals surface area contributed by atoms with E-state index in [1.54, 1.807) is 10.9 Å². The van der Waals surface area contributed by atoms with Crippen molar-refractivity contribution in [3.63, 3.8) is 0 Å². The monoisotopic (exact) mass is 338 g/mol. The van der Waals surface area contributed by atoms with Crippen molar-refractivity contribution in [2.45, 2.75) is 6.92 Å². The Morgan fingerprint density at radius 2 is 1.58 bits per heavy atom. The number of hydrogen-bond acceptors (Lipinski definition) is 2.